The standard InChI is InChI=1S/C21H21N5OS/c1-13-6-8-16(9-7-13)23-20(28)17-18(22)24-21(25-19(17)27)26-11-10-14-4-2-3-5-15(14)12-26/h2-9H,10-12H2,1H3,(H,23,28)(H3,22,24,25,27). The van der Waals surface area contributed by atoms with E-state index in [-0.39, 0.29) is 21.9 Å². The molecule has 0 saturated carbocycles. The molecule has 6 nitrogen and oxygen atoms in total. The van der Waals surface area contributed by atoms with Crippen molar-refractivity contribution in [1.82, 2.24) is 9.97 Å². The second kappa shape index (κ2) is 7.44. The minimum absolute atomic E-state index is 0.127. The number of H-pyrrole nitrogens is 1. The fourth-order valence-corrected chi connectivity index (χ4v) is 3.67. The van der Waals surface area contributed by atoms with Crippen LogP contribution in [0, 0.1) is 6.92 Å². The molecular weight excluding hydrogens is 370 g/mol. The third-order valence-electron chi connectivity index (χ3n) is 4.90. The van der Waals surface area contributed by atoms with E-state index >= 15 is 0 Å². The Kier molecular flexibility index (Phi) is 4.83. The Hall–Kier alpha value is -3.19. The first kappa shape index (κ1) is 18.2. The predicted octanol–water partition coefficient (Wildman–Crippen LogP) is 3.01. The van der Waals surface area contributed by atoms with Crippen molar-refractivity contribution >= 4 is 34.7 Å². The number of nitrogens with one attached hydrogen (secondary N) is 2. The lowest BCUT2D eigenvalue weighted by molar-refractivity contribution is 0.706. The minimum atomic E-state index is -0.342. The first-order chi connectivity index (χ1) is 13.5. The van der Waals surface area contributed by atoms with Crippen LogP contribution in [0.1, 0.15) is 22.3 Å². The lowest BCUT2D eigenvalue weighted by atomic mass is 10.0. The van der Waals surface area contributed by atoms with Crippen molar-refractivity contribution in [3.05, 3.63) is 81.1 Å². The van der Waals surface area contributed by atoms with Gasteiger partial charge in [-0.2, -0.15) is 4.98 Å². The number of rotatable bonds is 3. The van der Waals surface area contributed by atoms with Gasteiger partial charge < -0.3 is 16.0 Å². The summed E-state index contributed by atoms with van der Waals surface area (Å²) in [5.41, 5.74) is 10.5. The van der Waals surface area contributed by atoms with Gasteiger partial charge in [-0.25, -0.2) is 0 Å². The number of thiocarbonyl (C=S) groups is 1. The molecule has 1 aliphatic heterocycles. The van der Waals surface area contributed by atoms with Crippen LogP contribution >= 0.6 is 12.2 Å². The van der Waals surface area contributed by atoms with Crippen LogP contribution in [0.15, 0.2) is 53.3 Å². The molecule has 28 heavy (non-hydrogen) atoms. The first-order valence-corrected chi connectivity index (χ1v) is 9.51. The van der Waals surface area contributed by atoms with Gasteiger partial charge in [-0.15, -0.1) is 0 Å². The molecule has 0 amide bonds. The number of anilines is 3. The van der Waals surface area contributed by atoms with Crippen LogP contribution < -0.4 is 21.5 Å². The maximum atomic E-state index is 12.7. The average Bonchev–Trinajstić information content (AvgIpc) is 2.69. The second-order valence-electron chi connectivity index (χ2n) is 6.91. The number of hydrogen-bond acceptors (Lipinski definition) is 5. The molecule has 0 spiro atoms. The zero-order chi connectivity index (χ0) is 19.7. The normalized spacial score (nSPS) is 13.1. The number of benzene rings is 2. The SMILES string of the molecule is Cc1ccc(NC(=S)c2c(N)nc(N3CCc4ccccc4C3)[nH]c2=O)cc1. The molecule has 0 unspecified atom stereocenters. The lowest BCUT2D eigenvalue weighted by Crippen LogP contribution is -2.35. The Labute approximate surface area is 168 Å². The molecule has 7 heteroatoms. The monoisotopic (exact) mass is 391 g/mol. The summed E-state index contributed by atoms with van der Waals surface area (Å²) in [6.45, 7) is 3.46. The van der Waals surface area contributed by atoms with E-state index in [9.17, 15) is 4.79 Å². The summed E-state index contributed by atoms with van der Waals surface area (Å²) < 4.78 is 0. The summed E-state index contributed by atoms with van der Waals surface area (Å²) in [6.07, 6.45) is 0.898. The Bertz CT molecular complexity index is 1090. The van der Waals surface area contributed by atoms with Gasteiger partial charge in [-0.1, -0.05) is 54.2 Å². The van der Waals surface area contributed by atoms with Gasteiger partial charge >= 0.3 is 0 Å². The van der Waals surface area contributed by atoms with Gasteiger partial charge in [0.25, 0.3) is 5.56 Å². The summed E-state index contributed by atoms with van der Waals surface area (Å²) in [7, 11) is 0. The molecule has 2 heterocycles. The zero-order valence-electron chi connectivity index (χ0n) is 15.5. The van der Waals surface area contributed by atoms with Crippen LogP contribution in [0.25, 0.3) is 0 Å². The highest BCUT2D eigenvalue weighted by Crippen LogP contribution is 2.22. The number of nitrogens with zero attached hydrogens (tertiary/aromatic N) is 2. The second-order valence-corrected chi connectivity index (χ2v) is 7.32. The molecule has 0 aliphatic carbocycles. The number of hydrogen-bond donors (Lipinski definition) is 3. The number of nitrogens with two attached hydrogens (primary N) is 1. The topological polar surface area (TPSA) is 87.0 Å². The van der Waals surface area contributed by atoms with Crippen LogP contribution in [0.2, 0.25) is 0 Å². The van der Waals surface area contributed by atoms with Crippen molar-refractivity contribution in [3.63, 3.8) is 0 Å². The Morgan fingerprint density at radius 1 is 1.18 bits per heavy atom. The quantitative estimate of drug-likeness (QED) is 0.595. The molecule has 0 radical (unpaired) electrons. The van der Waals surface area contributed by atoms with Gasteiger partial charge in [0.1, 0.15) is 16.4 Å². The summed E-state index contributed by atoms with van der Waals surface area (Å²) in [5.74, 6) is 0.598. The van der Waals surface area contributed by atoms with Crippen LogP contribution in [0.5, 0.6) is 0 Å². The lowest BCUT2D eigenvalue weighted by Gasteiger charge is -2.29. The van der Waals surface area contributed by atoms with Crippen LogP contribution in [0.4, 0.5) is 17.5 Å². The van der Waals surface area contributed by atoms with Gasteiger partial charge in [-0.3, -0.25) is 9.78 Å². The van der Waals surface area contributed by atoms with Crippen LogP contribution in [-0.2, 0) is 13.0 Å². The van der Waals surface area contributed by atoms with Crippen LogP contribution in [0.3, 0.4) is 0 Å². The summed E-state index contributed by atoms with van der Waals surface area (Å²) in [5, 5.41) is 3.06. The first-order valence-electron chi connectivity index (χ1n) is 9.11. The van der Waals surface area contributed by atoms with E-state index in [2.05, 4.69) is 27.4 Å². The maximum Gasteiger partial charge on any atom is 0.264 e. The Morgan fingerprint density at radius 2 is 1.89 bits per heavy atom. The van der Waals surface area contributed by atoms with Crippen molar-refractivity contribution in [2.24, 2.45) is 0 Å². The molecule has 142 valence electrons. The molecular formula is C21H21N5OS. The molecule has 4 rings (SSSR count). The number of fused-ring (bicyclic) bond motifs is 1. The van der Waals surface area contributed by atoms with Crippen LogP contribution in [-0.4, -0.2) is 21.5 Å². The van der Waals surface area contributed by atoms with Crippen molar-refractivity contribution in [2.45, 2.75) is 19.9 Å². The fourth-order valence-electron chi connectivity index (χ4n) is 3.35. The highest BCUT2D eigenvalue weighted by Gasteiger charge is 2.21. The maximum absolute atomic E-state index is 12.7. The number of aromatic amines is 1. The third-order valence-corrected chi connectivity index (χ3v) is 5.21. The van der Waals surface area contributed by atoms with Gasteiger partial charge in [0.05, 0.1) is 0 Å². The number of aromatic nitrogens is 2. The summed E-state index contributed by atoms with van der Waals surface area (Å²) >= 11 is 5.40. The van der Waals surface area contributed by atoms with E-state index < -0.39 is 0 Å². The molecule has 0 saturated heterocycles. The van der Waals surface area contributed by atoms with E-state index in [1.165, 1.54) is 11.1 Å². The summed E-state index contributed by atoms with van der Waals surface area (Å²) in [6, 6.07) is 16.0. The minimum Gasteiger partial charge on any atom is -0.383 e. The number of nitrogen functional groups attached to an aromatic ring is 1. The van der Waals surface area contributed by atoms with Crippen molar-refractivity contribution in [1.29, 1.82) is 0 Å². The Balaban J connectivity index is 1.58. The van der Waals surface area contributed by atoms with Gasteiger partial charge in [0, 0.05) is 18.8 Å². The van der Waals surface area contributed by atoms with E-state index in [1.54, 1.807) is 0 Å². The van der Waals surface area contributed by atoms with E-state index in [0.29, 0.717) is 12.5 Å². The van der Waals surface area contributed by atoms with E-state index in [4.69, 9.17) is 18.0 Å². The van der Waals surface area contributed by atoms with Gasteiger partial charge in [0.2, 0.25) is 5.95 Å². The molecule has 1 aliphatic rings. The molecule has 2 aromatic carbocycles. The molecule has 0 fully saturated rings. The zero-order valence-corrected chi connectivity index (χ0v) is 16.3. The largest absolute Gasteiger partial charge is 0.383 e. The van der Waals surface area contributed by atoms with Gasteiger partial charge in [0.15, 0.2) is 0 Å². The highest BCUT2D eigenvalue weighted by molar-refractivity contribution is 7.81. The molecule has 1 aromatic heterocycles. The third kappa shape index (κ3) is 3.61. The van der Waals surface area contributed by atoms with E-state index in [0.717, 1.165) is 24.2 Å². The average molecular weight is 392 g/mol. The molecule has 4 N–H and O–H groups in total. The van der Waals surface area contributed by atoms with Crippen molar-refractivity contribution in [3.8, 4) is 0 Å². The van der Waals surface area contributed by atoms with Crippen molar-refractivity contribution in [2.75, 3.05) is 22.5 Å². The molecule has 3 aromatic rings. The Morgan fingerprint density at radius 3 is 2.61 bits per heavy atom. The van der Waals surface area contributed by atoms with E-state index in [1.807, 2.05) is 48.2 Å². The predicted molar refractivity (Wildman–Crippen MR) is 117 cm³/mol. The highest BCUT2D eigenvalue weighted by atomic mass is 32.1. The van der Waals surface area contributed by atoms with Crippen molar-refractivity contribution < 1.29 is 0 Å². The smallest absolute Gasteiger partial charge is 0.264 e. The molecule has 0 bridgehead atoms. The van der Waals surface area contributed by atoms with Gasteiger partial charge in [-0.05, 0) is 36.6 Å². The summed E-state index contributed by atoms with van der Waals surface area (Å²) in [4.78, 5) is 22.3. The fraction of sp³-hybridized carbons (Fsp3) is 0.190. The molecule has 0 atom stereocenters. The number of aryl methyl sites for hydroxylation is 1.